The molecule has 0 fully saturated rings. The Morgan fingerprint density at radius 2 is 1.71 bits per heavy atom. The number of halogens is 2. The molecule has 148 valence electrons. The molecule has 0 saturated heterocycles. The zero-order valence-electron chi connectivity index (χ0n) is 14.5. The van der Waals surface area contributed by atoms with E-state index in [2.05, 4.69) is 15.6 Å². The molecule has 0 aliphatic carbocycles. The summed E-state index contributed by atoms with van der Waals surface area (Å²) in [4.78, 5) is 23.7. The summed E-state index contributed by atoms with van der Waals surface area (Å²) in [6.07, 6.45) is 1.26. The zero-order chi connectivity index (χ0) is 20.6. The van der Waals surface area contributed by atoms with E-state index in [9.17, 15) is 18.0 Å². The molecule has 0 aromatic heterocycles. The normalized spacial score (nSPS) is 11.4. The predicted molar refractivity (Wildman–Crippen MR) is 109 cm³/mol. The number of nitrogens with one attached hydrogen (secondary N) is 3. The van der Waals surface area contributed by atoms with Crippen LogP contribution in [0.1, 0.15) is 22.3 Å². The molecule has 28 heavy (non-hydrogen) atoms. The summed E-state index contributed by atoms with van der Waals surface area (Å²) >= 11 is 11.7. The summed E-state index contributed by atoms with van der Waals surface area (Å²) in [7, 11) is -3.69. The minimum Gasteiger partial charge on any atom is -0.273 e. The molecule has 0 saturated carbocycles. The number of amides is 2. The monoisotopic (exact) mass is 441 g/mol. The number of hydrogen-bond donors (Lipinski definition) is 3. The second-order valence-corrected chi connectivity index (χ2v) is 8.02. The van der Waals surface area contributed by atoms with Gasteiger partial charge in [-0.2, -0.15) is 0 Å². The van der Waals surface area contributed by atoms with Gasteiger partial charge in [0.15, 0.2) is 0 Å². The van der Waals surface area contributed by atoms with E-state index >= 15 is 0 Å². The highest BCUT2D eigenvalue weighted by Gasteiger charge is 2.12. The second-order valence-electron chi connectivity index (χ2n) is 5.53. The Hall–Kier alpha value is -2.39. The first-order valence-electron chi connectivity index (χ1n) is 8.04. The summed E-state index contributed by atoms with van der Waals surface area (Å²) in [5.41, 5.74) is 5.19. The van der Waals surface area contributed by atoms with E-state index in [1.807, 2.05) is 6.07 Å². The second kappa shape index (κ2) is 10.2. The Morgan fingerprint density at radius 1 is 1.00 bits per heavy atom. The maximum atomic E-state index is 12.0. The van der Waals surface area contributed by atoms with Gasteiger partial charge in [-0.05, 0) is 29.8 Å². The average molecular weight is 442 g/mol. The molecule has 7 nitrogen and oxygen atoms in total. The lowest BCUT2D eigenvalue weighted by Gasteiger charge is -2.09. The van der Waals surface area contributed by atoms with Crippen molar-refractivity contribution in [3.8, 4) is 0 Å². The van der Waals surface area contributed by atoms with Crippen LogP contribution >= 0.6 is 23.2 Å². The molecule has 0 bridgehead atoms. The maximum Gasteiger partial charge on any atom is 0.271 e. The van der Waals surface area contributed by atoms with E-state index in [0.717, 1.165) is 11.0 Å². The Kier molecular flexibility index (Phi) is 8.01. The molecule has 0 atom stereocenters. The third kappa shape index (κ3) is 7.32. The molecule has 2 amide bonds. The van der Waals surface area contributed by atoms with Gasteiger partial charge in [-0.3, -0.25) is 20.4 Å². The van der Waals surface area contributed by atoms with Crippen molar-refractivity contribution in [2.45, 2.75) is 6.42 Å². The van der Waals surface area contributed by atoms with E-state index < -0.39 is 21.8 Å². The molecule has 2 rings (SSSR count). The Balaban J connectivity index is 1.77. The van der Waals surface area contributed by atoms with Crippen LogP contribution in [-0.4, -0.2) is 26.8 Å². The molecule has 0 heterocycles. The van der Waals surface area contributed by atoms with Gasteiger partial charge in [0, 0.05) is 23.4 Å². The fourth-order valence-corrected chi connectivity index (χ4v) is 3.21. The van der Waals surface area contributed by atoms with Crippen LogP contribution in [0.5, 0.6) is 0 Å². The molecule has 10 heteroatoms. The Labute approximate surface area is 172 Å². The largest absolute Gasteiger partial charge is 0.273 e. The molecular weight excluding hydrogens is 425 g/mol. The van der Waals surface area contributed by atoms with Crippen LogP contribution in [0.4, 0.5) is 0 Å². The van der Waals surface area contributed by atoms with E-state index in [1.54, 1.807) is 24.3 Å². The van der Waals surface area contributed by atoms with E-state index in [4.69, 9.17) is 23.2 Å². The number of hydrogen-bond acceptors (Lipinski definition) is 4. The summed E-state index contributed by atoms with van der Waals surface area (Å²) in [5.74, 6) is -1.23. The third-order valence-corrected chi connectivity index (χ3v) is 5.05. The molecule has 2 aromatic rings. The van der Waals surface area contributed by atoms with Crippen molar-refractivity contribution in [2.24, 2.45) is 0 Å². The maximum absolute atomic E-state index is 12.0. The molecule has 0 aliphatic rings. The van der Waals surface area contributed by atoms with Crippen molar-refractivity contribution in [2.75, 3.05) is 6.54 Å². The molecule has 0 radical (unpaired) electrons. The number of rotatable bonds is 7. The van der Waals surface area contributed by atoms with Crippen molar-refractivity contribution in [3.63, 3.8) is 0 Å². The van der Waals surface area contributed by atoms with Crippen LogP contribution in [-0.2, 0) is 14.8 Å². The van der Waals surface area contributed by atoms with Crippen molar-refractivity contribution in [3.05, 3.63) is 75.1 Å². The molecule has 3 N–H and O–H groups in total. The summed E-state index contributed by atoms with van der Waals surface area (Å²) in [6, 6.07) is 13.3. The number of sulfonamides is 1. The molecule has 0 unspecified atom stereocenters. The lowest BCUT2D eigenvalue weighted by Crippen LogP contribution is -2.42. The molecule has 0 aliphatic heterocycles. The molecule has 0 spiro atoms. The van der Waals surface area contributed by atoms with Crippen molar-refractivity contribution in [1.82, 2.24) is 15.6 Å². The Morgan fingerprint density at radius 3 is 2.43 bits per heavy atom. The highest BCUT2D eigenvalue weighted by molar-refractivity contribution is 7.92. The van der Waals surface area contributed by atoms with Gasteiger partial charge < -0.3 is 0 Å². The van der Waals surface area contributed by atoms with E-state index in [1.165, 1.54) is 24.3 Å². The number of carbonyl (C=O) groups is 2. The standard InChI is InChI=1S/C18H17Cl2N3O4S/c19-14-6-7-16(20)15(12-14)18(25)23-22-17(24)8-10-21-28(26,27)11-9-13-4-2-1-3-5-13/h1-7,9,11-12,21H,8,10H2,(H,22,24)(H,23,25)/b11-9+. The smallest absolute Gasteiger partial charge is 0.271 e. The van der Waals surface area contributed by atoms with Gasteiger partial charge in [-0.25, -0.2) is 13.1 Å². The van der Waals surface area contributed by atoms with Gasteiger partial charge in [0.05, 0.1) is 10.6 Å². The fourth-order valence-electron chi connectivity index (χ4n) is 2.02. The van der Waals surface area contributed by atoms with Crippen LogP contribution in [0.15, 0.2) is 53.9 Å². The first-order chi connectivity index (χ1) is 13.3. The highest BCUT2D eigenvalue weighted by Crippen LogP contribution is 2.20. The summed E-state index contributed by atoms with van der Waals surface area (Å²) in [5, 5.41) is 1.51. The number of hydrazine groups is 1. The van der Waals surface area contributed by atoms with Crippen molar-refractivity contribution >= 4 is 51.1 Å². The minimum atomic E-state index is -3.69. The van der Waals surface area contributed by atoms with Gasteiger partial charge in [-0.15, -0.1) is 0 Å². The number of carbonyl (C=O) groups excluding carboxylic acids is 2. The van der Waals surface area contributed by atoms with Crippen molar-refractivity contribution in [1.29, 1.82) is 0 Å². The summed E-state index contributed by atoms with van der Waals surface area (Å²) in [6.45, 7) is -0.138. The van der Waals surface area contributed by atoms with Crippen LogP contribution in [0.3, 0.4) is 0 Å². The average Bonchev–Trinajstić information content (AvgIpc) is 2.67. The van der Waals surface area contributed by atoms with E-state index in [0.29, 0.717) is 5.02 Å². The quantitative estimate of drug-likeness (QED) is 0.574. The first kappa shape index (κ1) is 21.9. The van der Waals surface area contributed by atoms with Crippen LogP contribution < -0.4 is 15.6 Å². The summed E-state index contributed by atoms with van der Waals surface area (Å²) < 4.78 is 26.0. The van der Waals surface area contributed by atoms with Crippen LogP contribution in [0.25, 0.3) is 6.08 Å². The zero-order valence-corrected chi connectivity index (χ0v) is 16.8. The molecular formula is C18H17Cl2N3O4S. The lowest BCUT2D eigenvalue weighted by molar-refractivity contribution is -0.121. The first-order valence-corrected chi connectivity index (χ1v) is 10.3. The van der Waals surface area contributed by atoms with Gasteiger partial charge in [0.25, 0.3) is 5.91 Å². The van der Waals surface area contributed by atoms with Crippen molar-refractivity contribution < 1.29 is 18.0 Å². The van der Waals surface area contributed by atoms with E-state index in [-0.39, 0.29) is 23.6 Å². The van der Waals surface area contributed by atoms with Gasteiger partial charge in [-0.1, -0.05) is 53.5 Å². The van der Waals surface area contributed by atoms with Gasteiger partial charge in [0.2, 0.25) is 15.9 Å². The fraction of sp³-hybridized carbons (Fsp3) is 0.111. The van der Waals surface area contributed by atoms with Gasteiger partial charge >= 0.3 is 0 Å². The lowest BCUT2D eigenvalue weighted by atomic mass is 10.2. The van der Waals surface area contributed by atoms with Crippen LogP contribution in [0.2, 0.25) is 10.0 Å². The third-order valence-electron chi connectivity index (χ3n) is 3.38. The Bertz CT molecular complexity index is 980. The SMILES string of the molecule is O=C(CCNS(=O)(=O)/C=C/c1ccccc1)NNC(=O)c1cc(Cl)ccc1Cl. The van der Waals surface area contributed by atoms with Gasteiger partial charge in [0.1, 0.15) is 0 Å². The number of benzene rings is 2. The topological polar surface area (TPSA) is 104 Å². The van der Waals surface area contributed by atoms with Crippen LogP contribution in [0, 0.1) is 0 Å². The highest BCUT2D eigenvalue weighted by atomic mass is 35.5. The molecule has 2 aromatic carbocycles. The predicted octanol–water partition coefficient (Wildman–Crippen LogP) is 2.73. The minimum absolute atomic E-state index is 0.0984.